The molecule has 1 heterocycles. The first kappa shape index (κ1) is 15.9. The fourth-order valence-corrected chi connectivity index (χ4v) is 1.97. The molecule has 0 unspecified atom stereocenters. The van der Waals surface area contributed by atoms with Crippen LogP contribution in [0.5, 0.6) is 0 Å². The van der Waals surface area contributed by atoms with Gasteiger partial charge in [0.1, 0.15) is 5.82 Å². The van der Waals surface area contributed by atoms with Gasteiger partial charge in [-0.1, -0.05) is 6.92 Å². The van der Waals surface area contributed by atoms with E-state index in [4.69, 9.17) is 0 Å². The van der Waals surface area contributed by atoms with E-state index in [2.05, 4.69) is 10.4 Å². The van der Waals surface area contributed by atoms with Gasteiger partial charge in [0.15, 0.2) is 0 Å². The summed E-state index contributed by atoms with van der Waals surface area (Å²) in [5, 5.41) is 7.03. The molecule has 0 atom stereocenters. The van der Waals surface area contributed by atoms with Crippen molar-refractivity contribution in [2.24, 2.45) is 0 Å². The van der Waals surface area contributed by atoms with Gasteiger partial charge in [-0.3, -0.25) is 9.59 Å². The summed E-state index contributed by atoms with van der Waals surface area (Å²) in [6.45, 7) is 2.70. The third kappa shape index (κ3) is 4.25. The molecule has 0 saturated heterocycles. The Morgan fingerprint density at radius 3 is 2.64 bits per heavy atom. The Labute approximate surface area is 127 Å². The lowest BCUT2D eigenvalue weighted by Crippen LogP contribution is -2.27. The van der Waals surface area contributed by atoms with Crippen LogP contribution in [0.4, 0.5) is 4.39 Å². The number of aromatic nitrogens is 2. The molecule has 116 valence electrons. The molecule has 0 bridgehead atoms. The van der Waals surface area contributed by atoms with Crippen LogP contribution < -0.4 is 10.9 Å². The number of nitrogens with one attached hydrogen (secondary N) is 1. The fraction of sp³-hybridized carbons (Fsp3) is 0.312. The second-order valence-electron chi connectivity index (χ2n) is 4.84. The summed E-state index contributed by atoms with van der Waals surface area (Å²) in [6.07, 6.45) is 1.06. The van der Waals surface area contributed by atoms with Gasteiger partial charge in [-0.05, 0) is 36.8 Å². The highest BCUT2D eigenvalue weighted by molar-refractivity contribution is 5.75. The molecule has 1 aromatic carbocycles. The second kappa shape index (κ2) is 7.49. The highest BCUT2D eigenvalue weighted by atomic mass is 19.1. The lowest BCUT2D eigenvalue weighted by Gasteiger charge is -2.08. The van der Waals surface area contributed by atoms with E-state index >= 15 is 0 Å². The van der Waals surface area contributed by atoms with Gasteiger partial charge < -0.3 is 5.32 Å². The van der Waals surface area contributed by atoms with Gasteiger partial charge in [0.05, 0.1) is 5.69 Å². The molecule has 0 fully saturated rings. The Bertz CT molecular complexity index is 695. The summed E-state index contributed by atoms with van der Waals surface area (Å²) in [5.41, 5.74) is 1.15. The molecule has 6 heteroatoms. The zero-order valence-corrected chi connectivity index (χ0v) is 12.4. The minimum absolute atomic E-state index is 0.0135. The molecule has 1 amide bonds. The van der Waals surface area contributed by atoms with Crippen LogP contribution in [0.25, 0.3) is 11.3 Å². The van der Waals surface area contributed by atoms with E-state index in [1.165, 1.54) is 22.9 Å². The molecule has 0 aliphatic rings. The van der Waals surface area contributed by atoms with Gasteiger partial charge in [0, 0.05) is 31.1 Å². The number of aryl methyl sites for hydroxylation is 1. The van der Waals surface area contributed by atoms with E-state index < -0.39 is 0 Å². The second-order valence-corrected chi connectivity index (χ2v) is 4.84. The maximum Gasteiger partial charge on any atom is 0.266 e. The Balaban J connectivity index is 2.05. The molecule has 0 aliphatic carbocycles. The van der Waals surface area contributed by atoms with E-state index in [1.807, 2.05) is 0 Å². The molecule has 0 saturated carbocycles. The highest BCUT2D eigenvalue weighted by Gasteiger charge is 2.04. The molecule has 2 rings (SSSR count). The van der Waals surface area contributed by atoms with Crippen LogP contribution in [-0.2, 0) is 11.3 Å². The van der Waals surface area contributed by atoms with Gasteiger partial charge in [-0.15, -0.1) is 0 Å². The van der Waals surface area contributed by atoms with E-state index in [0.29, 0.717) is 31.6 Å². The molecule has 1 N–H and O–H groups in total. The topological polar surface area (TPSA) is 64.0 Å². The normalized spacial score (nSPS) is 10.5. The Morgan fingerprint density at radius 2 is 1.95 bits per heavy atom. The third-order valence-corrected chi connectivity index (χ3v) is 3.20. The SMILES string of the molecule is CCC(=O)NCCCn1nc(-c2ccc(F)cc2)ccc1=O. The zero-order chi connectivity index (χ0) is 15.9. The van der Waals surface area contributed by atoms with Crippen LogP contribution in [0, 0.1) is 5.82 Å². The van der Waals surface area contributed by atoms with Crippen LogP contribution >= 0.6 is 0 Å². The van der Waals surface area contributed by atoms with Gasteiger partial charge in [-0.25, -0.2) is 9.07 Å². The largest absolute Gasteiger partial charge is 0.356 e. The van der Waals surface area contributed by atoms with E-state index in [0.717, 1.165) is 5.56 Å². The van der Waals surface area contributed by atoms with Crippen molar-refractivity contribution in [3.8, 4) is 11.3 Å². The first-order valence-electron chi connectivity index (χ1n) is 7.21. The highest BCUT2D eigenvalue weighted by Crippen LogP contribution is 2.15. The van der Waals surface area contributed by atoms with Crippen molar-refractivity contribution in [1.82, 2.24) is 15.1 Å². The first-order chi connectivity index (χ1) is 10.6. The molecule has 0 aliphatic heterocycles. The molecular weight excluding hydrogens is 285 g/mol. The average Bonchev–Trinajstić information content (AvgIpc) is 2.53. The number of carbonyl (C=O) groups excluding carboxylic acids is 1. The summed E-state index contributed by atoms with van der Waals surface area (Å²) < 4.78 is 14.3. The van der Waals surface area contributed by atoms with Gasteiger partial charge in [0.2, 0.25) is 5.91 Å². The predicted molar refractivity (Wildman–Crippen MR) is 81.8 cm³/mol. The molecule has 0 radical (unpaired) electrons. The van der Waals surface area contributed by atoms with Crippen LogP contribution in [-0.4, -0.2) is 22.2 Å². The maximum absolute atomic E-state index is 12.9. The number of carbonyl (C=O) groups is 1. The molecular formula is C16H18FN3O2. The lowest BCUT2D eigenvalue weighted by atomic mass is 10.1. The van der Waals surface area contributed by atoms with E-state index in [9.17, 15) is 14.0 Å². The molecule has 22 heavy (non-hydrogen) atoms. The summed E-state index contributed by atoms with van der Waals surface area (Å²) in [5.74, 6) is -0.330. The fourth-order valence-electron chi connectivity index (χ4n) is 1.97. The maximum atomic E-state index is 12.9. The van der Waals surface area contributed by atoms with Crippen LogP contribution in [0.15, 0.2) is 41.2 Å². The molecule has 2 aromatic rings. The van der Waals surface area contributed by atoms with Crippen LogP contribution in [0.3, 0.4) is 0 Å². The minimum atomic E-state index is -0.316. The number of benzene rings is 1. The van der Waals surface area contributed by atoms with Crippen molar-refractivity contribution >= 4 is 5.91 Å². The number of hydrogen-bond donors (Lipinski definition) is 1. The number of nitrogens with zero attached hydrogens (tertiary/aromatic N) is 2. The number of rotatable bonds is 6. The summed E-state index contributed by atoms with van der Waals surface area (Å²) in [6, 6.07) is 9.00. The monoisotopic (exact) mass is 303 g/mol. The minimum Gasteiger partial charge on any atom is -0.356 e. The Kier molecular flexibility index (Phi) is 5.41. The smallest absolute Gasteiger partial charge is 0.266 e. The zero-order valence-electron chi connectivity index (χ0n) is 12.4. The standard InChI is InChI=1S/C16H18FN3O2/c1-2-15(21)18-10-3-11-20-16(22)9-8-14(19-20)12-4-6-13(17)7-5-12/h4-9H,2-3,10-11H2,1H3,(H,18,21). The number of halogens is 1. The summed E-state index contributed by atoms with van der Waals surface area (Å²) >= 11 is 0. The first-order valence-corrected chi connectivity index (χ1v) is 7.21. The van der Waals surface area contributed by atoms with Crippen molar-refractivity contribution in [2.45, 2.75) is 26.3 Å². The predicted octanol–water partition coefficient (Wildman–Crippen LogP) is 1.97. The molecule has 0 spiro atoms. The van der Waals surface area contributed by atoms with Gasteiger partial charge in [-0.2, -0.15) is 5.10 Å². The van der Waals surface area contributed by atoms with Crippen molar-refractivity contribution < 1.29 is 9.18 Å². The average molecular weight is 303 g/mol. The molecule has 5 nitrogen and oxygen atoms in total. The van der Waals surface area contributed by atoms with Crippen LogP contribution in [0.1, 0.15) is 19.8 Å². The number of hydrogen-bond acceptors (Lipinski definition) is 3. The van der Waals surface area contributed by atoms with Gasteiger partial charge in [0.25, 0.3) is 5.56 Å². The van der Waals surface area contributed by atoms with E-state index in [1.54, 1.807) is 25.1 Å². The van der Waals surface area contributed by atoms with Crippen LogP contribution in [0.2, 0.25) is 0 Å². The lowest BCUT2D eigenvalue weighted by molar-refractivity contribution is -0.120. The van der Waals surface area contributed by atoms with Crippen molar-refractivity contribution in [2.75, 3.05) is 6.54 Å². The Morgan fingerprint density at radius 1 is 1.23 bits per heavy atom. The van der Waals surface area contributed by atoms with E-state index in [-0.39, 0.29) is 17.3 Å². The Hall–Kier alpha value is -2.50. The van der Waals surface area contributed by atoms with Gasteiger partial charge >= 0.3 is 0 Å². The van der Waals surface area contributed by atoms with Crippen molar-refractivity contribution in [3.63, 3.8) is 0 Å². The number of amides is 1. The van der Waals surface area contributed by atoms with Crippen molar-refractivity contribution in [3.05, 3.63) is 52.6 Å². The summed E-state index contributed by atoms with van der Waals surface area (Å²) in [4.78, 5) is 22.9. The van der Waals surface area contributed by atoms with Crippen molar-refractivity contribution in [1.29, 1.82) is 0 Å². The quantitative estimate of drug-likeness (QED) is 0.830. The third-order valence-electron chi connectivity index (χ3n) is 3.20. The summed E-state index contributed by atoms with van der Waals surface area (Å²) in [7, 11) is 0. The molecule has 1 aromatic heterocycles.